The second-order valence-corrected chi connectivity index (χ2v) is 6.87. The predicted molar refractivity (Wildman–Crippen MR) is 76.0 cm³/mol. The van der Waals surface area contributed by atoms with Crippen molar-refractivity contribution in [2.75, 3.05) is 0 Å². The van der Waals surface area contributed by atoms with Crippen LogP contribution in [-0.2, 0) is 26.8 Å². The third kappa shape index (κ3) is 3.33. The minimum atomic E-state index is -1.28. The molecule has 3 unspecified atom stereocenters. The van der Waals surface area contributed by atoms with Crippen molar-refractivity contribution < 1.29 is 18.9 Å². The summed E-state index contributed by atoms with van der Waals surface area (Å²) in [4.78, 5) is 23.1. The van der Waals surface area contributed by atoms with Crippen LogP contribution in [0.1, 0.15) is 31.7 Å². The molecular weight excluding hydrogens is 276 g/mol. The average Bonchev–Trinajstić information content (AvgIpc) is 2.85. The maximum absolute atomic E-state index is 12.3. The van der Waals surface area contributed by atoms with Gasteiger partial charge in [-0.25, -0.2) is 0 Å². The number of Topliss-reactive ketones (excluding diaryl/α,β-unsaturated/α-hetero) is 1. The van der Waals surface area contributed by atoms with Crippen molar-refractivity contribution >= 4 is 22.6 Å². The summed E-state index contributed by atoms with van der Waals surface area (Å²) in [6, 6.07) is 7.08. The van der Waals surface area contributed by atoms with E-state index in [-0.39, 0.29) is 11.0 Å². The van der Waals surface area contributed by atoms with Crippen LogP contribution >= 0.6 is 0 Å². The summed E-state index contributed by atoms with van der Waals surface area (Å²) in [5.74, 6) is -1.18. The minimum absolute atomic E-state index is 0.0897. The second-order valence-electron chi connectivity index (χ2n) is 5.23. The Kier molecular flexibility index (Phi) is 4.70. The first-order valence-corrected chi connectivity index (χ1v) is 7.95. The first-order valence-electron chi connectivity index (χ1n) is 6.74. The van der Waals surface area contributed by atoms with Crippen molar-refractivity contribution in [2.24, 2.45) is 5.92 Å². The highest BCUT2D eigenvalue weighted by molar-refractivity contribution is 7.86. The molecule has 1 fully saturated rings. The summed E-state index contributed by atoms with van der Waals surface area (Å²) in [7, 11) is -1.28. The van der Waals surface area contributed by atoms with Gasteiger partial charge < -0.3 is 5.11 Å². The Bertz CT molecular complexity index is 535. The average molecular weight is 294 g/mol. The molecule has 1 aromatic rings. The minimum Gasteiger partial charge on any atom is -0.481 e. The Hall–Kier alpha value is -1.49. The number of carbonyl (C=O) groups is 2. The molecule has 0 saturated heterocycles. The molecule has 0 aliphatic heterocycles. The number of benzene rings is 1. The molecule has 0 amide bonds. The monoisotopic (exact) mass is 294 g/mol. The lowest BCUT2D eigenvalue weighted by atomic mass is 10.0. The Morgan fingerprint density at radius 3 is 2.55 bits per heavy atom. The lowest BCUT2D eigenvalue weighted by Gasteiger charge is -2.10. The second kappa shape index (κ2) is 6.31. The topological polar surface area (TPSA) is 71.4 Å². The van der Waals surface area contributed by atoms with Gasteiger partial charge in [-0.15, -0.1) is 0 Å². The molecule has 5 heteroatoms. The Morgan fingerprint density at radius 1 is 1.40 bits per heavy atom. The zero-order valence-corrected chi connectivity index (χ0v) is 12.2. The molecule has 1 aromatic carbocycles. The third-order valence-corrected chi connectivity index (χ3v) is 5.38. The maximum atomic E-state index is 12.3. The molecule has 108 valence electrons. The number of rotatable bonds is 5. The van der Waals surface area contributed by atoms with Crippen LogP contribution in [0, 0.1) is 5.92 Å². The van der Waals surface area contributed by atoms with Gasteiger partial charge in [-0.1, -0.05) is 19.1 Å². The number of hydrogen-bond acceptors (Lipinski definition) is 3. The smallest absolute Gasteiger partial charge is 0.306 e. The molecule has 0 bridgehead atoms. The van der Waals surface area contributed by atoms with Crippen molar-refractivity contribution in [3.63, 3.8) is 0 Å². The molecule has 0 heterocycles. The van der Waals surface area contributed by atoms with Gasteiger partial charge in [0, 0.05) is 11.3 Å². The van der Waals surface area contributed by atoms with Crippen molar-refractivity contribution in [2.45, 2.75) is 42.8 Å². The van der Waals surface area contributed by atoms with E-state index in [1.54, 1.807) is 31.2 Å². The summed E-state index contributed by atoms with van der Waals surface area (Å²) in [5.41, 5.74) is 0.901. The van der Waals surface area contributed by atoms with Crippen molar-refractivity contribution in [3.05, 3.63) is 29.8 Å². The molecule has 0 spiro atoms. The maximum Gasteiger partial charge on any atom is 0.306 e. The molecule has 0 aromatic heterocycles. The van der Waals surface area contributed by atoms with Gasteiger partial charge in [0.15, 0.2) is 0 Å². The van der Waals surface area contributed by atoms with Gasteiger partial charge in [-0.05, 0) is 37.0 Å². The zero-order valence-electron chi connectivity index (χ0n) is 11.4. The molecule has 3 atom stereocenters. The van der Waals surface area contributed by atoms with Gasteiger partial charge in [-0.3, -0.25) is 13.8 Å². The predicted octanol–water partition coefficient (Wildman–Crippen LogP) is 2.18. The molecular formula is C15H18O4S. The van der Waals surface area contributed by atoms with E-state index in [9.17, 15) is 13.8 Å². The summed E-state index contributed by atoms with van der Waals surface area (Å²) < 4.78 is 12.3. The van der Waals surface area contributed by atoms with Crippen LogP contribution in [0.5, 0.6) is 0 Å². The van der Waals surface area contributed by atoms with Crippen LogP contribution < -0.4 is 0 Å². The molecule has 2 rings (SSSR count). The van der Waals surface area contributed by atoms with Crippen LogP contribution in [0.15, 0.2) is 29.2 Å². The summed E-state index contributed by atoms with van der Waals surface area (Å²) in [5, 5.41) is 8.51. The lowest BCUT2D eigenvalue weighted by molar-refractivity contribution is -0.141. The van der Waals surface area contributed by atoms with Crippen LogP contribution in [0.2, 0.25) is 0 Å². The molecule has 0 radical (unpaired) electrons. The SMILES string of the molecule is CC(Cc1ccc(S(=O)C2CCCC2=O)cc1)C(=O)O. The van der Waals surface area contributed by atoms with Crippen LogP contribution in [-0.4, -0.2) is 26.3 Å². The Labute approximate surface area is 120 Å². The summed E-state index contributed by atoms with van der Waals surface area (Å²) in [6.07, 6.45) is 2.50. The number of aliphatic carboxylic acids is 1. The van der Waals surface area contributed by atoms with Gasteiger partial charge in [-0.2, -0.15) is 0 Å². The molecule has 20 heavy (non-hydrogen) atoms. The van der Waals surface area contributed by atoms with E-state index in [1.165, 1.54) is 0 Å². The van der Waals surface area contributed by atoms with Gasteiger partial charge in [0.1, 0.15) is 5.78 Å². The highest BCUT2D eigenvalue weighted by Crippen LogP contribution is 2.24. The third-order valence-electron chi connectivity index (χ3n) is 3.63. The van der Waals surface area contributed by atoms with E-state index in [4.69, 9.17) is 5.11 Å². The highest BCUT2D eigenvalue weighted by Gasteiger charge is 2.30. The van der Waals surface area contributed by atoms with Crippen molar-refractivity contribution in [1.29, 1.82) is 0 Å². The van der Waals surface area contributed by atoms with Crippen LogP contribution in [0.25, 0.3) is 0 Å². The van der Waals surface area contributed by atoms with Crippen LogP contribution in [0.4, 0.5) is 0 Å². The van der Waals surface area contributed by atoms with E-state index in [0.29, 0.717) is 24.2 Å². The lowest BCUT2D eigenvalue weighted by Crippen LogP contribution is -2.19. The van der Waals surface area contributed by atoms with Gasteiger partial charge >= 0.3 is 5.97 Å². The molecule has 1 aliphatic rings. The molecule has 4 nitrogen and oxygen atoms in total. The number of carboxylic acid groups (broad SMARTS) is 1. The van der Waals surface area contributed by atoms with E-state index in [0.717, 1.165) is 12.0 Å². The summed E-state index contributed by atoms with van der Waals surface area (Å²) in [6.45, 7) is 1.66. The fourth-order valence-electron chi connectivity index (χ4n) is 2.37. The first-order chi connectivity index (χ1) is 9.49. The number of carbonyl (C=O) groups excluding carboxylic acids is 1. The summed E-state index contributed by atoms with van der Waals surface area (Å²) >= 11 is 0. The van der Waals surface area contributed by atoms with E-state index < -0.39 is 22.7 Å². The fourth-order valence-corrected chi connectivity index (χ4v) is 3.85. The quantitative estimate of drug-likeness (QED) is 0.903. The van der Waals surface area contributed by atoms with Crippen LogP contribution in [0.3, 0.4) is 0 Å². The molecule has 1 aliphatic carbocycles. The number of carboxylic acids is 1. The van der Waals surface area contributed by atoms with Gasteiger partial charge in [0.05, 0.1) is 22.0 Å². The van der Waals surface area contributed by atoms with E-state index in [2.05, 4.69) is 0 Å². The molecule has 1 N–H and O–H groups in total. The standard InChI is InChI=1S/C15H18O4S/c1-10(15(17)18)9-11-5-7-12(8-6-11)20(19)14-4-2-3-13(14)16/h5-8,10,14H,2-4,9H2,1H3,(H,17,18). The molecule has 1 saturated carbocycles. The fraction of sp³-hybridized carbons (Fsp3) is 0.467. The normalized spacial score (nSPS) is 21.6. The number of hydrogen-bond donors (Lipinski definition) is 1. The first kappa shape index (κ1) is 14.9. The number of ketones is 1. The highest BCUT2D eigenvalue weighted by atomic mass is 32.2. The zero-order chi connectivity index (χ0) is 14.7. The van der Waals surface area contributed by atoms with Crippen molar-refractivity contribution in [1.82, 2.24) is 0 Å². The Morgan fingerprint density at radius 2 is 2.05 bits per heavy atom. The largest absolute Gasteiger partial charge is 0.481 e. The van der Waals surface area contributed by atoms with Gasteiger partial charge in [0.2, 0.25) is 0 Å². The van der Waals surface area contributed by atoms with Crippen molar-refractivity contribution in [3.8, 4) is 0 Å². The van der Waals surface area contributed by atoms with E-state index >= 15 is 0 Å². The van der Waals surface area contributed by atoms with E-state index in [1.807, 2.05) is 0 Å². The van der Waals surface area contributed by atoms with Gasteiger partial charge in [0.25, 0.3) is 0 Å². The Balaban J connectivity index is 2.06.